The molecular weight excluding hydrogens is 274 g/mol. The summed E-state index contributed by atoms with van der Waals surface area (Å²) in [7, 11) is -3.54. The molecule has 0 saturated heterocycles. The summed E-state index contributed by atoms with van der Waals surface area (Å²) in [6.45, 7) is 0. The van der Waals surface area contributed by atoms with E-state index in [1.807, 2.05) is 0 Å². The Morgan fingerprint density at radius 3 is 2.56 bits per heavy atom. The van der Waals surface area contributed by atoms with Crippen LogP contribution in [-0.2, 0) is 10.0 Å². The lowest BCUT2D eigenvalue weighted by Crippen LogP contribution is -2.40. The van der Waals surface area contributed by atoms with Gasteiger partial charge in [0.15, 0.2) is 0 Å². The zero-order valence-corrected chi connectivity index (χ0v) is 11.4. The molecule has 0 spiro atoms. The molecular formula is C11H16ClN3O2S. The van der Waals surface area contributed by atoms with Gasteiger partial charge in [-0.1, -0.05) is 11.6 Å². The Kier molecular flexibility index (Phi) is 4.21. The van der Waals surface area contributed by atoms with Crippen molar-refractivity contribution in [1.29, 1.82) is 0 Å². The highest BCUT2D eigenvalue weighted by molar-refractivity contribution is 7.89. The van der Waals surface area contributed by atoms with Crippen LogP contribution in [0.2, 0.25) is 5.02 Å². The highest BCUT2D eigenvalue weighted by Gasteiger charge is 2.24. The maximum Gasteiger partial charge on any atom is 0.242 e. The first kappa shape index (κ1) is 13.7. The summed E-state index contributed by atoms with van der Waals surface area (Å²) in [5, 5.41) is 0.309. The second-order valence-electron chi connectivity index (χ2n) is 4.57. The van der Waals surface area contributed by atoms with Gasteiger partial charge in [-0.15, -0.1) is 0 Å². The molecule has 0 atom stereocenters. The number of nitrogens with one attached hydrogen (secondary N) is 1. The standard InChI is InChI=1S/C11H16ClN3O2S/c12-8-5-11(7-14-6-8)18(16,17)15-10-3-1-9(13)2-4-10/h5-7,9-10,15H,1-4,13H2. The molecule has 1 aromatic heterocycles. The highest BCUT2D eigenvalue weighted by atomic mass is 35.5. The number of nitrogens with zero attached hydrogens (tertiary/aromatic N) is 1. The number of aromatic nitrogens is 1. The van der Waals surface area contributed by atoms with Crippen LogP contribution < -0.4 is 10.5 Å². The number of nitrogens with two attached hydrogens (primary N) is 1. The molecule has 0 unspecified atom stereocenters. The summed E-state index contributed by atoms with van der Waals surface area (Å²) in [6.07, 6.45) is 5.94. The number of pyridine rings is 1. The minimum atomic E-state index is -3.54. The molecule has 1 heterocycles. The monoisotopic (exact) mass is 289 g/mol. The van der Waals surface area contributed by atoms with E-state index in [-0.39, 0.29) is 17.0 Å². The van der Waals surface area contributed by atoms with Crippen molar-refractivity contribution in [3.8, 4) is 0 Å². The Hall–Kier alpha value is -0.690. The van der Waals surface area contributed by atoms with Crippen LogP contribution in [0.1, 0.15) is 25.7 Å². The predicted octanol–water partition coefficient (Wildman–Crippen LogP) is 1.28. The first-order chi connectivity index (χ1) is 8.47. The lowest BCUT2D eigenvalue weighted by atomic mass is 9.93. The summed E-state index contributed by atoms with van der Waals surface area (Å²) in [5.74, 6) is 0. The average molecular weight is 290 g/mol. The van der Waals surface area contributed by atoms with E-state index in [0.717, 1.165) is 25.7 Å². The molecule has 0 aliphatic heterocycles. The van der Waals surface area contributed by atoms with Gasteiger partial charge in [-0.25, -0.2) is 13.1 Å². The third-order valence-electron chi connectivity index (χ3n) is 3.08. The molecule has 1 saturated carbocycles. The van der Waals surface area contributed by atoms with Gasteiger partial charge in [-0.05, 0) is 31.7 Å². The minimum absolute atomic E-state index is 0.0474. The molecule has 3 N–H and O–H groups in total. The minimum Gasteiger partial charge on any atom is -0.328 e. The number of sulfonamides is 1. The summed E-state index contributed by atoms with van der Waals surface area (Å²) in [4.78, 5) is 3.89. The number of hydrogen-bond acceptors (Lipinski definition) is 4. The van der Waals surface area contributed by atoms with Crippen molar-refractivity contribution in [3.05, 3.63) is 23.5 Å². The third-order valence-corrected chi connectivity index (χ3v) is 4.78. The summed E-state index contributed by atoms with van der Waals surface area (Å²) >= 11 is 5.74. The Morgan fingerprint density at radius 2 is 1.94 bits per heavy atom. The number of rotatable bonds is 3. The molecule has 1 fully saturated rings. The third kappa shape index (κ3) is 3.41. The molecule has 5 nitrogen and oxygen atoms in total. The van der Waals surface area contributed by atoms with Gasteiger partial charge >= 0.3 is 0 Å². The zero-order valence-electron chi connectivity index (χ0n) is 9.84. The molecule has 0 amide bonds. The van der Waals surface area contributed by atoms with Gasteiger partial charge in [-0.3, -0.25) is 4.98 Å². The van der Waals surface area contributed by atoms with Crippen molar-refractivity contribution in [2.75, 3.05) is 0 Å². The van der Waals surface area contributed by atoms with Crippen LogP contribution in [-0.4, -0.2) is 25.5 Å². The van der Waals surface area contributed by atoms with Crippen molar-refractivity contribution in [3.63, 3.8) is 0 Å². The Labute approximate surface area is 112 Å². The van der Waals surface area contributed by atoms with E-state index in [4.69, 9.17) is 17.3 Å². The molecule has 7 heteroatoms. The quantitative estimate of drug-likeness (QED) is 0.878. The first-order valence-corrected chi connectivity index (χ1v) is 7.72. The van der Waals surface area contributed by atoms with Crippen LogP contribution >= 0.6 is 11.6 Å². The number of halogens is 1. The zero-order chi connectivity index (χ0) is 13.2. The maximum absolute atomic E-state index is 12.1. The van der Waals surface area contributed by atoms with Gasteiger partial charge in [0.25, 0.3) is 0 Å². The molecule has 0 aromatic carbocycles. The second kappa shape index (κ2) is 5.52. The Morgan fingerprint density at radius 1 is 1.28 bits per heavy atom. The molecule has 18 heavy (non-hydrogen) atoms. The van der Waals surface area contributed by atoms with E-state index in [1.54, 1.807) is 0 Å². The van der Waals surface area contributed by atoms with Gasteiger partial charge < -0.3 is 5.73 Å². The average Bonchev–Trinajstić information content (AvgIpc) is 2.32. The molecule has 0 bridgehead atoms. The van der Waals surface area contributed by atoms with E-state index in [0.29, 0.717) is 5.02 Å². The van der Waals surface area contributed by atoms with Crippen LogP contribution in [0.25, 0.3) is 0 Å². The molecule has 100 valence electrons. The molecule has 2 rings (SSSR count). The van der Waals surface area contributed by atoms with Crippen LogP contribution in [0.15, 0.2) is 23.4 Å². The lowest BCUT2D eigenvalue weighted by Gasteiger charge is -2.26. The summed E-state index contributed by atoms with van der Waals surface area (Å²) in [6, 6.07) is 1.54. The smallest absolute Gasteiger partial charge is 0.242 e. The molecule has 1 aliphatic rings. The van der Waals surface area contributed by atoms with Crippen LogP contribution in [0.4, 0.5) is 0 Å². The van der Waals surface area contributed by atoms with Gasteiger partial charge in [0, 0.05) is 24.5 Å². The maximum atomic E-state index is 12.1. The molecule has 1 aromatic rings. The van der Waals surface area contributed by atoms with Crippen molar-refractivity contribution < 1.29 is 8.42 Å². The van der Waals surface area contributed by atoms with Gasteiger partial charge in [0.2, 0.25) is 10.0 Å². The lowest BCUT2D eigenvalue weighted by molar-refractivity contribution is 0.373. The largest absolute Gasteiger partial charge is 0.328 e. The first-order valence-electron chi connectivity index (χ1n) is 5.86. The fraction of sp³-hybridized carbons (Fsp3) is 0.545. The van der Waals surface area contributed by atoms with E-state index in [1.165, 1.54) is 18.5 Å². The number of hydrogen-bond donors (Lipinski definition) is 2. The summed E-state index contributed by atoms with van der Waals surface area (Å²) < 4.78 is 26.9. The van der Waals surface area contributed by atoms with E-state index >= 15 is 0 Å². The summed E-state index contributed by atoms with van der Waals surface area (Å²) in [5.41, 5.74) is 5.79. The van der Waals surface area contributed by atoms with Crippen molar-refractivity contribution in [2.24, 2.45) is 5.73 Å². The second-order valence-corrected chi connectivity index (χ2v) is 6.72. The van der Waals surface area contributed by atoms with Gasteiger partial charge in [0.05, 0.1) is 5.02 Å². The fourth-order valence-corrected chi connectivity index (χ4v) is 3.59. The normalized spacial score (nSPS) is 25.0. The SMILES string of the molecule is NC1CCC(NS(=O)(=O)c2cncc(Cl)c2)CC1. The van der Waals surface area contributed by atoms with Crippen molar-refractivity contribution in [2.45, 2.75) is 42.7 Å². The molecule has 0 radical (unpaired) electrons. The van der Waals surface area contributed by atoms with E-state index in [9.17, 15) is 8.42 Å². The van der Waals surface area contributed by atoms with E-state index in [2.05, 4.69) is 9.71 Å². The van der Waals surface area contributed by atoms with Gasteiger partial charge in [-0.2, -0.15) is 0 Å². The van der Waals surface area contributed by atoms with Gasteiger partial charge in [0.1, 0.15) is 4.90 Å². The Balaban J connectivity index is 2.08. The molecule has 1 aliphatic carbocycles. The topological polar surface area (TPSA) is 85.1 Å². The van der Waals surface area contributed by atoms with Crippen LogP contribution in [0, 0.1) is 0 Å². The van der Waals surface area contributed by atoms with Crippen molar-refractivity contribution >= 4 is 21.6 Å². The van der Waals surface area contributed by atoms with Crippen LogP contribution in [0.5, 0.6) is 0 Å². The van der Waals surface area contributed by atoms with Crippen molar-refractivity contribution in [1.82, 2.24) is 9.71 Å². The predicted molar refractivity (Wildman–Crippen MR) is 69.8 cm³/mol. The van der Waals surface area contributed by atoms with E-state index < -0.39 is 10.0 Å². The highest BCUT2D eigenvalue weighted by Crippen LogP contribution is 2.20. The fourth-order valence-electron chi connectivity index (χ4n) is 2.06. The Bertz CT molecular complexity index is 513. The van der Waals surface area contributed by atoms with Crippen LogP contribution in [0.3, 0.4) is 0 Å².